The van der Waals surface area contributed by atoms with Crippen molar-refractivity contribution >= 4 is 11.3 Å². The Morgan fingerprint density at radius 2 is 1.86 bits per heavy atom. The van der Waals surface area contributed by atoms with Crippen LogP contribution in [0.1, 0.15) is 21.8 Å². The van der Waals surface area contributed by atoms with Crippen molar-refractivity contribution in [2.75, 3.05) is 0 Å². The summed E-state index contributed by atoms with van der Waals surface area (Å²) in [6, 6.07) is 18.1. The molecule has 3 aromatic rings. The van der Waals surface area contributed by atoms with Crippen LogP contribution in [0.15, 0.2) is 64.6 Å². The molecule has 22 heavy (non-hydrogen) atoms. The summed E-state index contributed by atoms with van der Waals surface area (Å²) in [5.41, 5.74) is 1.89. The zero-order valence-electron chi connectivity index (χ0n) is 12.1. The zero-order chi connectivity index (χ0) is 15.2. The molecule has 0 unspecified atom stereocenters. The van der Waals surface area contributed by atoms with Crippen LogP contribution in [0.3, 0.4) is 0 Å². The van der Waals surface area contributed by atoms with Gasteiger partial charge in [-0.1, -0.05) is 18.2 Å². The lowest BCUT2D eigenvalue weighted by atomic mass is 10.1. The monoisotopic (exact) mass is 308 g/mol. The number of nitrogens with zero attached hydrogens (tertiary/aromatic N) is 2. The fourth-order valence-corrected chi connectivity index (χ4v) is 3.10. The average Bonchev–Trinajstić information content (AvgIpc) is 3.22. The molecule has 0 bridgehead atoms. The van der Waals surface area contributed by atoms with Gasteiger partial charge in [0.15, 0.2) is 0 Å². The smallest absolute Gasteiger partial charge is 0.117 e. The van der Waals surface area contributed by atoms with Crippen LogP contribution in [0.4, 0.5) is 0 Å². The van der Waals surface area contributed by atoms with E-state index in [1.165, 1.54) is 10.4 Å². The van der Waals surface area contributed by atoms with E-state index in [1.807, 2.05) is 36.4 Å². The lowest BCUT2D eigenvalue weighted by Crippen LogP contribution is -2.21. The van der Waals surface area contributed by atoms with Crippen molar-refractivity contribution in [3.63, 3.8) is 0 Å². The van der Waals surface area contributed by atoms with Crippen molar-refractivity contribution in [2.45, 2.75) is 19.6 Å². The maximum atomic E-state index is 8.88. The molecule has 0 aliphatic carbocycles. The quantitative estimate of drug-likeness (QED) is 0.677. The van der Waals surface area contributed by atoms with Crippen LogP contribution in [0.2, 0.25) is 0 Å². The van der Waals surface area contributed by atoms with Crippen molar-refractivity contribution in [1.29, 1.82) is 5.26 Å². The zero-order valence-corrected chi connectivity index (χ0v) is 12.9. The van der Waals surface area contributed by atoms with Crippen LogP contribution >= 0.6 is 11.3 Å². The van der Waals surface area contributed by atoms with Gasteiger partial charge in [0.25, 0.3) is 0 Å². The van der Waals surface area contributed by atoms with Gasteiger partial charge in [-0.3, -0.25) is 4.90 Å². The minimum absolute atomic E-state index is 0.694. The topological polar surface area (TPSA) is 40.2 Å². The van der Waals surface area contributed by atoms with Crippen molar-refractivity contribution in [3.8, 4) is 6.07 Å². The van der Waals surface area contributed by atoms with E-state index in [-0.39, 0.29) is 0 Å². The second kappa shape index (κ2) is 7.08. The Hall–Kier alpha value is -2.35. The number of furan rings is 1. The third-order valence-corrected chi connectivity index (χ3v) is 4.27. The fraction of sp³-hybridized carbons (Fsp3) is 0.167. The number of benzene rings is 1. The van der Waals surface area contributed by atoms with Crippen molar-refractivity contribution < 1.29 is 4.42 Å². The third kappa shape index (κ3) is 3.85. The van der Waals surface area contributed by atoms with E-state index >= 15 is 0 Å². The van der Waals surface area contributed by atoms with Crippen LogP contribution < -0.4 is 0 Å². The maximum Gasteiger partial charge on any atom is 0.117 e. The number of hydrogen-bond acceptors (Lipinski definition) is 4. The molecule has 0 fully saturated rings. The predicted octanol–water partition coefficient (Wildman–Crippen LogP) is 4.42. The molecule has 4 heteroatoms. The maximum absolute atomic E-state index is 8.88. The van der Waals surface area contributed by atoms with Gasteiger partial charge in [0.1, 0.15) is 5.76 Å². The van der Waals surface area contributed by atoms with Crippen LogP contribution in [0.5, 0.6) is 0 Å². The molecule has 0 radical (unpaired) electrons. The Balaban J connectivity index is 1.73. The van der Waals surface area contributed by atoms with E-state index in [4.69, 9.17) is 9.68 Å². The predicted molar refractivity (Wildman–Crippen MR) is 87.1 cm³/mol. The standard InChI is InChI=1S/C18H16N2OS/c19-11-15-5-7-16(8-6-15)12-20(13-17-3-1-9-21-17)14-18-4-2-10-22-18/h1-10H,12-14H2. The molecule has 0 aliphatic heterocycles. The van der Waals surface area contributed by atoms with Crippen molar-refractivity contribution in [3.05, 3.63) is 81.9 Å². The molecule has 3 nitrogen and oxygen atoms in total. The van der Waals surface area contributed by atoms with Crippen molar-refractivity contribution in [1.82, 2.24) is 4.90 Å². The van der Waals surface area contributed by atoms with Gasteiger partial charge in [0.05, 0.1) is 24.4 Å². The normalized spacial score (nSPS) is 10.7. The van der Waals surface area contributed by atoms with Crippen LogP contribution in [-0.4, -0.2) is 4.90 Å². The highest BCUT2D eigenvalue weighted by molar-refractivity contribution is 7.09. The van der Waals surface area contributed by atoms with E-state index in [9.17, 15) is 0 Å². The van der Waals surface area contributed by atoms with E-state index in [0.717, 1.165) is 25.4 Å². The van der Waals surface area contributed by atoms with E-state index in [0.29, 0.717) is 5.56 Å². The Labute approximate surface area is 134 Å². The Bertz CT molecular complexity index is 688. The molecule has 1 aromatic carbocycles. The average molecular weight is 308 g/mol. The minimum atomic E-state index is 0.694. The molecule has 0 saturated heterocycles. The Morgan fingerprint density at radius 1 is 1.00 bits per heavy atom. The number of hydrogen-bond donors (Lipinski definition) is 0. The largest absolute Gasteiger partial charge is 0.468 e. The van der Waals surface area contributed by atoms with Gasteiger partial charge in [-0.2, -0.15) is 5.26 Å². The summed E-state index contributed by atoms with van der Waals surface area (Å²) in [5, 5.41) is 11.0. The summed E-state index contributed by atoms with van der Waals surface area (Å²) in [6.45, 7) is 2.48. The molecule has 0 amide bonds. The van der Waals surface area contributed by atoms with E-state index in [2.05, 4.69) is 28.5 Å². The number of nitriles is 1. The minimum Gasteiger partial charge on any atom is -0.468 e. The highest BCUT2D eigenvalue weighted by atomic mass is 32.1. The van der Waals surface area contributed by atoms with Crippen LogP contribution in [0.25, 0.3) is 0 Å². The SMILES string of the molecule is N#Cc1ccc(CN(Cc2ccco2)Cc2cccs2)cc1. The van der Waals surface area contributed by atoms with Crippen LogP contribution in [0, 0.1) is 11.3 Å². The molecule has 3 rings (SSSR count). The molecule has 0 N–H and O–H groups in total. The molecule has 2 heterocycles. The van der Waals surface area contributed by atoms with Gasteiger partial charge in [0.2, 0.25) is 0 Å². The first kappa shape index (κ1) is 14.6. The van der Waals surface area contributed by atoms with E-state index < -0.39 is 0 Å². The molecular formula is C18H16N2OS. The van der Waals surface area contributed by atoms with Crippen molar-refractivity contribution in [2.24, 2.45) is 0 Å². The fourth-order valence-electron chi connectivity index (χ4n) is 2.36. The summed E-state index contributed by atoms with van der Waals surface area (Å²) in [7, 11) is 0. The van der Waals surface area contributed by atoms with Gasteiger partial charge in [-0.05, 0) is 41.3 Å². The highest BCUT2D eigenvalue weighted by Gasteiger charge is 2.10. The van der Waals surface area contributed by atoms with Crippen LogP contribution in [-0.2, 0) is 19.6 Å². The second-order valence-electron chi connectivity index (χ2n) is 5.11. The van der Waals surface area contributed by atoms with E-state index in [1.54, 1.807) is 17.6 Å². The molecule has 0 aliphatic rings. The summed E-state index contributed by atoms with van der Waals surface area (Å²) in [5.74, 6) is 0.963. The molecule has 0 atom stereocenters. The van der Waals surface area contributed by atoms with Gasteiger partial charge < -0.3 is 4.42 Å². The van der Waals surface area contributed by atoms with Gasteiger partial charge in [-0.25, -0.2) is 0 Å². The third-order valence-electron chi connectivity index (χ3n) is 3.41. The molecule has 2 aromatic heterocycles. The molecule has 110 valence electrons. The lowest BCUT2D eigenvalue weighted by Gasteiger charge is -2.20. The van der Waals surface area contributed by atoms with Gasteiger partial charge in [0, 0.05) is 18.0 Å². The summed E-state index contributed by atoms with van der Waals surface area (Å²) < 4.78 is 5.48. The molecule has 0 spiro atoms. The van der Waals surface area contributed by atoms with Gasteiger partial charge >= 0.3 is 0 Å². The highest BCUT2D eigenvalue weighted by Crippen LogP contribution is 2.17. The molecule has 0 saturated carbocycles. The Kier molecular flexibility index (Phi) is 4.69. The van der Waals surface area contributed by atoms with Gasteiger partial charge in [-0.15, -0.1) is 11.3 Å². The first-order chi connectivity index (χ1) is 10.8. The first-order valence-electron chi connectivity index (χ1n) is 7.09. The second-order valence-corrected chi connectivity index (χ2v) is 6.14. The summed E-state index contributed by atoms with van der Waals surface area (Å²) in [6.07, 6.45) is 1.71. The first-order valence-corrected chi connectivity index (χ1v) is 7.97. The Morgan fingerprint density at radius 3 is 2.50 bits per heavy atom. The summed E-state index contributed by atoms with van der Waals surface area (Å²) in [4.78, 5) is 3.67. The lowest BCUT2D eigenvalue weighted by molar-refractivity contribution is 0.229. The number of rotatable bonds is 6. The number of thiophene rings is 1. The molecular weight excluding hydrogens is 292 g/mol. The summed E-state index contributed by atoms with van der Waals surface area (Å²) >= 11 is 1.77.